The molecule has 0 heterocycles. The van der Waals surface area contributed by atoms with Crippen LogP contribution in [0.1, 0.15) is 49.8 Å². The van der Waals surface area contributed by atoms with Gasteiger partial charge in [0.05, 0.1) is 6.04 Å². The van der Waals surface area contributed by atoms with Crippen LogP contribution in [-0.4, -0.2) is 11.9 Å². The van der Waals surface area contributed by atoms with Crippen molar-refractivity contribution in [2.45, 2.75) is 51.6 Å². The monoisotopic (exact) mass is 260 g/mol. The van der Waals surface area contributed by atoms with E-state index in [-0.39, 0.29) is 23.9 Å². The van der Waals surface area contributed by atoms with Crippen molar-refractivity contribution in [1.82, 2.24) is 5.32 Å². The Morgan fingerprint density at radius 3 is 2.63 bits per heavy atom. The average Bonchev–Trinajstić information content (AvgIpc) is 2.39. The number of aryl methyl sites for hydroxylation is 1. The highest BCUT2D eigenvalue weighted by Gasteiger charge is 2.26. The van der Waals surface area contributed by atoms with Crippen LogP contribution in [0.5, 0.6) is 0 Å². The molecule has 3 nitrogen and oxygen atoms in total. The first kappa shape index (κ1) is 14.1. The van der Waals surface area contributed by atoms with E-state index >= 15 is 0 Å². The number of benzene rings is 1. The molecule has 19 heavy (non-hydrogen) atoms. The summed E-state index contributed by atoms with van der Waals surface area (Å²) in [5, 5.41) is 3.11. The molecule has 1 amide bonds. The van der Waals surface area contributed by atoms with Crippen molar-refractivity contribution in [1.29, 1.82) is 0 Å². The third-order valence-corrected chi connectivity index (χ3v) is 4.02. The molecule has 1 aromatic rings. The largest absolute Gasteiger partial charge is 0.349 e. The van der Waals surface area contributed by atoms with Gasteiger partial charge in [-0.2, -0.15) is 0 Å². The molecular weight excluding hydrogens is 236 g/mol. The van der Waals surface area contributed by atoms with E-state index in [0.717, 1.165) is 31.2 Å². The van der Waals surface area contributed by atoms with E-state index in [0.29, 0.717) is 0 Å². The van der Waals surface area contributed by atoms with Gasteiger partial charge >= 0.3 is 0 Å². The fourth-order valence-corrected chi connectivity index (χ4v) is 2.74. The van der Waals surface area contributed by atoms with E-state index in [9.17, 15) is 4.79 Å². The standard InChI is InChI=1S/C16H24N2O/c1-11-6-8-13(9-7-11)12(2)18-16(19)14-4-3-5-15(17)10-14/h6-9,12,14-15H,3-5,10,17H2,1-2H3,(H,18,19). The third kappa shape index (κ3) is 3.80. The van der Waals surface area contributed by atoms with Crippen molar-refractivity contribution in [3.63, 3.8) is 0 Å². The highest BCUT2D eigenvalue weighted by Crippen LogP contribution is 2.24. The van der Waals surface area contributed by atoms with Crippen LogP contribution in [0.15, 0.2) is 24.3 Å². The first-order chi connectivity index (χ1) is 9.06. The van der Waals surface area contributed by atoms with Gasteiger partial charge in [-0.3, -0.25) is 4.79 Å². The number of rotatable bonds is 3. The van der Waals surface area contributed by atoms with E-state index in [1.54, 1.807) is 0 Å². The number of amides is 1. The smallest absolute Gasteiger partial charge is 0.223 e. The van der Waals surface area contributed by atoms with Gasteiger partial charge in [0.15, 0.2) is 0 Å². The molecule has 1 aromatic carbocycles. The summed E-state index contributed by atoms with van der Waals surface area (Å²) >= 11 is 0. The Kier molecular flexibility index (Phi) is 4.59. The molecule has 0 radical (unpaired) electrons. The van der Waals surface area contributed by atoms with Gasteiger partial charge in [0, 0.05) is 12.0 Å². The highest BCUT2D eigenvalue weighted by molar-refractivity contribution is 5.79. The Balaban J connectivity index is 1.92. The lowest BCUT2D eigenvalue weighted by Crippen LogP contribution is -2.38. The van der Waals surface area contributed by atoms with Gasteiger partial charge < -0.3 is 11.1 Å². The average molecular weight is 260 g/mol. The number of hydrogen-bond acceptors (Lipinski definition) is 2. The summed E-state index contributed by atoms with van der Waals surface area (Å²) in [6.07, 6.45) is 3.92. The minimum Gasteiger partial charge on any atom is -0.349 e. The van der Waals surface area contributed by atoms with Crippen LogP contribution in [0.25, 0.3) is 0 Å². The van der Waals surface area contributed by atoms with E-state index in [1.807, 2.05) is 6.92 Å². The quantitative estimate of drug-likeness (QED) is 0.878. The molecule has 0 spiro atoms. The zero-order valence-electron chi connectivity index (χ0n) is 11.9. The number of carbonyl (C=O) groups is 1. The van der Waals surface area contributed by atoms with Gasteiger partial charge in [-0.1, -0.05) is 36.2 Å². The Morgan fingerprint density at radius 1 is 1.32 bits per heavy atom. The van der Waals surface area contributed by atoms with Crippen molar-refractivity contribution in [2.24, 2.45) is 11.7 Å². The Bertz CT molecular complexity index is 427. The molecule has 1 aliphatic rings. The van der Waals surface area contributed by atoms with Crippen molar-refractivity contribution >= 4 is 5.91 Å². The maximum atomic E-state index is 12.2. The number of carbonyl (C=O) groups excluding carboxylic acids is 1. The zero-order valence-corrected chi connectivity index (χ0v) is 11.9. The first-order valence-corrected chi connectivity index (χ1v) is 7.19. The van der Waals surface area contributed by atoms with Gasteiger partial charge in [-0.15, -0.1) is 0 Å². The molecule has 104 valence electrons. The second-order valence-electron chi connectivity index (χ2n) is 5.76. The molecule has 0 aromatic heterocycles. The third-order valence-electron chi connectivity index (χ3n) is 4.02. The summed E-state index contributed by atoms with van der Waals surface area (Å²) in [7, 11) is 0. The summed E-state index contributed by atoms with van der Waals surface area (Å²) in [6.45, 7) is 4.10. The Labute approximate surface area is 115 Å². The van der Waals surface area contributed by atoms with Crippen molar-refractivity contribution in [3.8, 4) is 0 Å². The molecule has 1 aliphatic carbocycles. The maximum absolute atomic E-state index is 12.2. The van der Waals surface area contributed by atoms with Crippen LogP contribution in [0.2, 0.25) is 0 Å². The lowest BCUT2D eigenvalue weighted by Gasteiger charge is -2.27. The first-order valence-electron chi connectivity index (χ1n) is 7.19. The summed E-state index contributed by atoms with van der Waals surface area (Å²) in [5.74, 6) is 0.250. The molecule has 3 atom stereocenters. The van der Waals surface area contributed by atoms with E-state index < -0.39 is 0 Å². The van der Waals surface area contributed by atoms with Crippen molar-refractivity contribution in [3.05, 3.63) is 35.4 Å². The predicted octanol–water partition coefficient (Wildman–Crippen LogP) is 2.69. The van der Waals surface area contributed by atoms with Crippen LogP contribution >= 0.6 is 0 Å². The van der Waals surface area contributed by atoms with Gasteiger partial charge in [-0.05, 0) is 38.7 Å². The molecule has 3 heteroatoms. The minimum absolute atomic E-state index is 0.0613. The fourth-order valence-electron chi connectivity index (χ4n) is 2.74. The number of nitrogens with two attached hydrogens (primary N) is 1. The van der Waals surface area contributed by atoms with Crippen LogP contribution in [0.4, 0.5) is 0 Å². The summed E-state index contributed by atoms with van der Waals surface area (Å²) in [5.41, 5.74) is 8.33. The van der Waals surface area contributed by atoms with Crippen molar-refractivity contribution in [2.75, 3.05) is 0 Å². The van der Waals surface area contributed by atoms with Crippen LogP contribution < -0.4 is 11.1 Å². The number of nitrogens with one attached hydrogen (secondary N) is 1. The molecule has 3 N–H and O–H groups in total. The van der Waals surface area contributed by atoms with Gasteiger partial charge in [-0.25, -0.2) is 0 Å². The highest BCUT2D eigenvalue weighted by atomic mass is 16.1. The van der Waals surface area contributed by atoms with Crippen LogP contribution in [0.3, 0.4) is 0 Å². The van der Waals surface area contributed by atoms with Crippen molar-refractivity contribution < 1.29 is 4.79 Å². The molecular formula is C16H24N2O. The molecule has 2 rings (SSSR count). The molecule has 3 unspecified atom stereocenters. The Morgan fingerprint density at radius 2 is 2.00 bits per heavy atom. The summed E-state index contributed by atoms with van der Waals surface area (Å²) < 4.78 is 0. The predicted molar refractivity (Wildman–Crippen MR) is 77.7 cm³/mol. The zero-order chi connectivity index (χ0) is 13.8. The van der Waals surface area contributed by atoms with Gasteiger partial charge in [0.25, 0.3) is 0 Å². The summed E-state index contributed by atoms with van der Waals surface area (Å²) in [4.78, 5) is 12.2. The second kappa shape index (κ2) is 6.20. The molecule has 0 saturated heterocycles. The normalized spacial score (nSPS) is 24.8. The van der Waals surface area contributed by atoms with E-state index in [1.165, 1.54) is 5.56 Å². The van der Waals surface area contributed by atoms with Crippen LogP contribution in [-0.2, 0) is 4.79 Å². The number of hydrogen-bond donors (Lipinski definition) is 2. The maximum Gasteiger partial charge on any atom is 0.223 e. The Hall–Kier alpha value is -1.35. The summed E-state index contributed by atoms with van der Waals surface area (Å²) in [6, 6.07) is 8.56. The second-order valence-corrected chi connectivity index (χ2v) is 5.76. The van der Waals surface area contributed by atoms with Crippen LogP contribution in [0, 0.1) is 12.8 Å². The molecule has 0 aliphatic heterocycles. The lowest BCUT2D eigenvalue weighted by atomic mass is 9.85. The van der Waals surface area contributed by atoms with E-state index in [2.05, 4.69) is 36.5 Å². The van der Waals surface area contributed by atoms with E-state index in [4.69, 9.17) is 5.73 Å². The van der Waals surface area contributed by atoms with Gasteiger partial charge in [0.2, 0.25) is 5.91 Å². The molecule has 1 saturated carbocycles. The lowest BCUT2D eigenvalue weighted by molar-refractivity contribution is -0.126. The molecule has 0 bridgehead atoms. The SMILES string of the molecule is Cc1ccc(C(C)NC(=O)C2CCCC(N)C2)cc1. The van der Waals surface area contributed by atoms with Gasteiger partial charge in [0.1, 0.15) is 0 Å². The fraction of sp³-hybridized carbons (Fsp3) is 0.562. The topological polar surface area (TPSA) is 55.1 Å². The molecule has 1 fully saturated rings. The minimum atomic E-state index is 0.0613.